The second-order valence-corrected chi connectivity index (χ2v) is 5.51. The third-order valence-corrected chi connectivity index (χ3v) is 2.80. The summed E-state index contributed by atoms with van der Waals surface area (Å²) >= 11 is 0. The molecule has 0 aromatic carbocycles. The highest BCUT2D eigenvalue weighted by Crippen LogP contribution is 2.16. The minimum Gasteiger partial charge on any atom is -0.355 e. The first-order valence-corrected chi connectivity index (χ1v) is 6.31. The van der Waals surface area contributed by atoms with E-state index in [4.69, 9.17) is 0 Å². The van der Waals surface area contributed by atoms with Gasteiger partial charge in [0.2, 0.25) is 11.8 Å². The molecule has 0 heterocycles. The molecule has 0 aliphatic carbocycles. The minimum atomic E-state index is -1.02. The fourth-order valence-electron chi connectivity index (χ4n) is 1.13. The Balaban J connectivity index is 4.43. The lowest BCUT2D eigenvalue weighted by atomic mass is 9.90. The van der Waals surface area contributed by atoms with E-state index in [0.717, 1.165) is 6.42 Å². The second-order valence-electron chi connectivity index (χ2n) is 5.51. The van der Waals surface area contributed by atoms with E-state index in [0.29, 0.717) is 12.5 Å². The molecule has 1 unspecified atom stereocenters. The van der Waals surface area contributed by atoms with E-state index in [1.807, 2.05) is 27.7 Å². The van der Waals surface area contributed by atoms with Gasteiger partial charge in [-0.15, -0.1) is 0 Å². The Morgan fingerprint density at radius 1 is 1.12 bits per heavy atom. The van der Waals surface area contributed by atoms with Crippen LogP contribution < -0.4 is 10.6 Å². The van der Waals surface area contributed by atoms with Gasteiger partial charge in [0, 0.05) is 12.6 Å². The molecule has 17 heavy (non-hydrogen) atoms. The largest absolute Gasteiger partial charge is 0.355 e. The molecule has 4 heteroatoms. The molecule has 1 atom stereocenters. The van der Waals surface area contributed by atoms with Gasteiger partial charge in [-0.25, -0.2) is 0 Å². The van der Waals surface area contributed by atoms with Crippen molar-refractivity contribution in [2.24, 2.45) is 11.3 Å². The highest BCUT2D eigenvalue weighted by atomic mass is 16.2. The van der Waals surface area contributed by atoms with Crippen LogP contribution in [0.3, 0.4) is 0 Å². The van der Waals surface area contributed by atoms with E-state index in [2.05, 4.69) is 10.6 Å². The number of carbonyl (C=O) groups excluding carboxylic acids is 2. The molecule has 0 aliphatic heterocycles. The molecule has 0 aromatic rings. The second kappa shape index (κ2) is 6.62. The average molecular weight is 242 g/mol. The molecular weight excluding hydrogens is 216 g/mol. The molecule has 0 aromatic heterocycles. The van der Waals surface area contributed by atoms with Crippen molar-refractivity contribution < 1.29 is 9.59 Å². The molecule has 0 saturated carbocycles. The van der Waals surface area contributed by atoms with Crippen molar-refractivity contribution in [2.45, 2.75) is 54.0 Å². The highest BCUT2D eigenvalue weighted by molar-refractivity contribution is 6.04. The molecule has 0 fully saturated rings. The summed E-state index contributed by atoms with van der Waals surface area (Å²) in [5.74, 6) is -0.0486. The van der Waals surface area contributed by atoms with Gasteiger partial charge in [0.15, 0.2) is 0 Å². The van der Waals surface area contributed by atoms with Crippen molar-refractivity contribution in [3.8, 4) is 0 Å². The number of nitrogens with one attached hydrogen (secondary N) is 2. The molecular formula is C13H26N2O2. The summed E-state index contributed by atoms with van der Waals surface area (Å²) in [4.78, 5) is 23.9. The number of rotatable bonds is 6. The Morgan fingerprint density at radius 3 is 2.06 bits per heavy atom. The maximum absolute atomic E-state index is 11.9. The standard InChI is InChI=1S/C13H26N2O2/c1-7-10(4)15-12(17)13(5,6)11(16)14-8-9(2)3/h9-10H,7-8H2,1-6H3,(H,14,16)(H,15,17). The minimum absolute atomic E-state index is 0.0969. The molecule has 0 rings (SSSR count). The number of hydrogen-bond donors (Lipinski definition) is 2. The van der Waals surface area contributed by atoms with Gasteiger partial charge in [0.25, 0.3) is 0 Å². The van der Waals surface area contributed by atoms with Gasteiger partial charge in [0.1, 0.15) is 5.41 Å². The SMILES string of the molecule is CCC(C)NC(=O)C(C)(C)C(=O)NCC(C)C. The Bertz CT molecular complexity index is 273. The summed E-state index contributed by atoms with van der Waals surface area (Å²) < 4.78 is 0. The lowest BCUT2D eigenvalue weighted by Crippen LogP contribution is -2.50. The summed E-state index contributed by atoms with van der Waals surface area (Å²) in [6, 6.07) is 0.0969. The monoisotopic (exact) mass is 242 g/mol. The molecule has 0 spiro atoms. The van der Waals surface area contributed by atoms with Crippen molar-refractivity contribution in [3.63, 3.8) is 0 Å². The van der Waals surface area contributed by atoms with Crippen LogP contribution in [0, 0.1) is 11.3 Å². The molecule has 2 N–H and O–H groups in total. The first-order valence-electron chi connectivity index (χ1n) is 6.31. The van der Waals surface area contributed by atoms with Crippen LogP contribution in [0.2, 0.25) is 0 Å². The van der Waals surface area contributed by atoms with Crippen LogP contribution in [0.15, 0.2) is 0 Å². The first-order chi connectivity index (χ1) is 7.71. The Kier molecular flexibility index (Phi) is 6.21. The van der Waals surface area contributed by atoms with Crippen LogP contribution in [0.4, 0.5) is 0 Å². The third-order valence-electron chi connectivity index (χ3n) is 2.80. The van der Waals surface area contributed by atoms with E-state index < -0.39 is 5.41 Å². The number of carbonyl (C=O) groups is 2. The van der Waals surface area contributed by atoms with Gasteiger partial charge >= 0.3 is 0 Å². The molecule has 0 bridgehead atoms. The van der Waals surface area contributed by atoms with E-state index in [1.54, 1.807) is 13.8 Å². The van der Waals surface area contributed by atoms with Gasteiger partial charge in [-0.2, -0.15) is 0 Å². The molecule has 0 saturated heterocycles. The zero-order chi connectivity index (χ0) is 13.6. The summed E-state index contributed by atoms with van der Waals surface area (Å²) in [6.45, 7) is 11.9. The zero-order valence-corrected chi connectivity index (χ0v) is 11.9. The van der Waals surface area contributed by atoms with Gasteiger partial charge in [0.05, 0.1) is 0 Å². The van der Waals surface area contributed by atoms with Crippen LogP contribution in [0.1, 0.15) is 48.0 Å². The van der Waals surface area contributed by atoms with E-state index in [9.17, 15) is 9.59 Å². The molecule has 0 radical (unpaired) electrons. The third kappa shape index (κ3) is 5.20. The van der Waals surface area contributed by atoms with Crippen LogP contribution >= 0.6 is 0 Å². The maximum Gasteiger partial charge on any atom is 0.235 e. The van der Waals surface area contributed by atoms with Crippen molar-refractivity contribution in [2.75, 3.05) is 6.54 Å². The lowest BCUT2D eigenvalue weighted by molar-refractivity contribution is -0.141. The fourth-order valence-corrected chi connectivity index (χ4v) is 1.13. The summed E-state index contributed by atoms with van der Waals surface area (Å²) in [5, 5.41) is 5.63. The van der Waals surface area contributed by atoms with Crippen LogP contribution in [0.25, 0.3) is 0 Å². The van der Waals surface area contributed by atoms with Gasteiger partial charge in [-0.3, -0.25) is 9.59 Å². The Morgan fingerprint density at radius 2 is 1.65 bits per heavy atom. The Labute approximate surface area is 105 Å². The molecule has 100 valence electrons. The Hall–Kier alpha value is -1.06. The highest BCUT2D eigenvalue weighted by Gasteiger charge is 2.36. The summed E-state index contributed by atoms with van der Waals surface area (Å²) in [7, 11) is 0. The summed E-state index contributed by atoms with van der Waals surface area (Å²) in [6.07, 6.45) is 0.857. The topological polar surface area (TPSA) is 58.2 Å². The predicted molar refractivity (Wildman–Crippen MR) is 69.5 cm³/mol. The molecule has 2 amide bonds. The molecule has 0 aliphatic rings. The van der Waals surface area contributed by atoms with Crippen LogP contribution in [0.5, 0.6) is 0 Å². The van der Waals surface area contributed by atoms with Crippen molar-refractivity contribution >= 4 is 11.8 Å². The van der Waals surface area contributed by atoms with Crippen molar-refractivity contribution in [1.82, 2.24) is 10.6 Å². The maximum atomic E-state index is 11.9. The van der Waals surface area contributed by atoms with E-state index >= 15 is 0 Å². The molecule has 4 nitrogen and oxygen atoms in total. The van der Waals surface area contributed by atoms with E-state index in [-0.39, 0.29) is 17.9 Å². The number of hydrogen-bond acceptors (Lipinski definition) is 2. The van der Waals surface area contributed by atoms with Crippen molar-refractivity contribution in [3.05, 3.63) is 0 Å². The fraction of sp³-hybridized carbons (Fsp3) is 0.846. The van der Waals surface area contributed by atoms with E-state index in [1.165, 1.54) is 0 Å². The normalized spacial score (nSPS) is 13.4. The first kappa shape index (κ1) is 15.9. The van der Waals surface area contributed by atoms with Crippen LogP contribution in [-0.4, -0.2) is 24.4 Å². The zero-order valence-electron chi connectivity index (χ0n) is 11.9. The number of amides is 2. The van der Waals surface area contributed by atoms with Crippen LogP contribution in [-0.2, 0) is 9.59 Å². The summed E-state index contributed by atoms with van der Waals surface area (Å²) in [5.41, 5.74) is -1.02. The lowest BCUT2D eigenvalue weighted by Gasteiger charge is -2.25. The van der Waals surface area contributed by atoms with Gasteiger partial charge < -0.3 is 10.6 Å². The van der Waals surface area contributed by atoms with Crippen molar-refractivity contribution in [1.29, 1.82) is 0 Å². The smallest absolute Gasteiger partial charge is 0.235 e. The average Bonchev–Trinajstić information content (AvgIpc) is 2.25. The van der Waals surface area contributed by atoms with Gasteiger partial charge in [-0.05, 0) is 33.1 Å². The van der Waals surface area contributed by atoms with Gasteiger partial charge in [-0.1, -0.05) is 20.8 Å². The predicted octanol–water partition coefficient (Wildman–Crippen LogP) is 1.70. The quantitative estimate of drug-likeness (QED) is 0.696.